The maximum absolute atomic E-state index is 12.2. The van der Waals surface area contributed by atoms with E-state index in [-0.39, 0.29) is 11.7 Å². The average molecular weight is 462 g/mol. The summed E-state index contributed by atoms with van der Waals surface area (Å²) in [5, 5.41) is 12.6. The van der Waals surface area contributed by atoms with Crippen molar-refractivity contribution >= 4 is 29.8 Å². The van der Waals surface area contributed by atoms with Gasteiger partial charge in [0.05, 0.1) is 28.4 Å². The number of methoxy groups -OCH3 is 4. The molecule has 176 valence electrons. The van der Waals surface area contributed by atoms with E-state index in [0.717, 1.165) is 11.1 Å². The Hall–Kier alpha value is -4.39. The molecule has 0 fully saturated rings. The number of nitrogens with one attached hydrogen (secondary N) is 1. The number of benzene rings is 3. The number of aromatic hydroxyl groups is 1. The second-order valence-corrected chi connectivity index (χ2v) is 7.17. The van der Waals surface area contributed by atoms with Crippen LogP contribution in [-0.2, 0) is 4.79 Å². The fourth-order valence-corrected chi connectivity index (χ4v) is 3.23. The van der Waals surface area contributed by atoms with Gasteiger partial charge in [-0.3, -0.25) is 4.79 Å². The van der Waals surface area contributed by atoms with Crippen LogP contribution >= 0.6 is 0 Å². The molecule has 1 amide bonds. The van der Waals surface area contributed by atoms with Gasteiger partial charge in [-0.1, -0.05) is 30.4 Å². The zero-order valence-electron chi connectivity index (χ0n) is 19.5. The lowest BCUT2D eigenvalue weighted by Gasteiger charge is -2.12. The number of carbonyl (C=O) groups excluding carboxylic acids is 1. The van der Waals surface area contributed by atoms with E-state index >= 15 is 0 Å². The van der Waals surface area contributed by atoms with E-state index < -0.39 is 0 Å². The molecule has 0 unspecified atom stereocenters. The van der Waals surface area contributed by atoms with Crippen LogP contribution in [0.2, 0.25) is 0 Å². The number of hydrogen-bond donors (Lipinski definition) is 2. The van der Waals surface area contributed by atoms with Crippen molar-refractivity contribution < 1.29 is 28.8 Å². The number of hydrogen-bond acceptors (Lipinski definition) is 6. The fourth-order valence-electron chi connectivity index (χ4n) is 3.23. The molecule has 7 heteroatoms. The highest BCUT2D eigenvalue weighted by atomic mass is 16.5. The number of phenols is 1. The van der Waals surface area contributed by atoms with Crippen LogP contribution in [0, 0.1) is 0 Å². The molecule has 0 aliphatic rings. The SMILES string of the molecule is COc1ccc(/C=C/C(=O)Nc2ccc(C=Cc3cc(OC)c(OC)c(OC)c3)cc2)cc1O. The van der Waals surface area contributed by atoms with Gasteiger partial charge < -0.3 is 29.4 Å². The molecule has 0 bridgehead atoms. The van der Waals surface area contributed by atoms with Crippen LogP contribution < -0.4 is 24.3 Å². The Morgan fingerprint density at radius 1 is 0.706 bits per heavy atom. The molecule has 3 rings (SSSR count). The molecule has 0 aromatic heterocycles. The predicted octanol–water partition coefficient (Wildman–Crippen LogP) is 5.25. The largest absolute Gasteiger partial charge is 0.504 e. The van der Waals surface area contributed by atoms with Crippen LogP contribution in [0.3, 0.4) is 0 Å². The Labute approximate surface area is 198 Å². The first-order valence-corrected chi connectivity index (χ1v) is 10.4. The lowest BCUT2D eigenvalue weighted by molar-refractivity contribution is -0.111. The summed E-state index contributed by atoms with van der Waals surface area (Å²) in [6.45, 7) is 0. The molecule has 0 heterocycles. The third-order valence-corrected chi connectivity index (χ3v) is 4.96. The van der Waals surface area contributed by atoms with Crippen LogP contribution in [0.15, 0.2) is 60.7 Å². The summed E-state index contributed by atoms with van der Waals surface area (Å²) in [5.41, 5.74) is 3.19. The second kappa shape index (κ2) is 11.5. The summed E-state index contributed by atoms with van der Waals surface area (Å²) in [5.74, 6) is 1.81. The topological polar surface area (TPSA) is 86.3 Å². The summed E-state index contributed by atoms with van der Waals surface area (Å²) >= 11 is 0. The van der Waals surface area contributed by atoms with Gasteiger partial charge in [0.25, 0.3) is 0 Å². The Morgan fingerprint density at radius 3 is 1.85 bits per heavy atom. The van der Waals surface area contributed by atoms with Gasteiger partial charge in [0, 0.05) is 11.8 Å². The molecule has 0 radical (unpaired) electrons. The molecule has 34 heavy (non-hydrogen) atoms. The Kier molecular flexibility index (Phi) is 8.18. The minimum absolute atomic E-state index is 0.0141. The van der Waals surface area contributed by atoms with Crippen molar-refractivity contribution in [2.45, 2.75) is 0 Å². The maximum Gasteiger partial charge on any atom is 0.248 e. The number of rotatable bonds is 9. The minimum atomic E-state index is -0.281. The standard InChI is InChI=1S/C27H27NO6/c1-31-23-13-9-19(15-22(23)29)10-14-26(30)28-21-11-7-18(8-12-21)5-6-20-16-24(32-2)27(34-4)25(17-20)33-3/h5-17,29H,1-4H3,(H,28,30)/b6-5?,14-10+. The fraction of sp³-hybridized carbons (Fsp3) is 0.148. The van der Waals surface area contributed by atoms with Gasteiger partial charge in [0.15, 0.2) is 23.0 Å². The summed E-state index contributed by atoms with van der Waals surface area (Å²) in [4.78, 5) is 12.2. The Balaban J connectivity index is 1.64. The van der Waals surface area contributed by atoms with Crippen LogP contribution in [0.25, 0.3) is 18.2 Å². The monoisotopic (exact) mass is 461 g/mol. The third-order valence-electron chi connectivity index (χ3n) is 4.96. The number of carbonyl (C=O) groups is 1. The zero-order chi connectivity index (χ0) is 24.5. The lowest BCUT2D eigenvalue weighted by Crippen LogP contribution is -2.07. The van der Waals surface area contributed by atoms with Crippen molar-refractivity contribution in [1.82, 2.24) is 0 Å². The number of amides is 1. The highest BCUT2D eigenvalue weighted by Crippen LogP contribution is 2.38. The van der Waals surface area contributed by atoms with E-state index in [9.17, 15) is 9.90 Å². The predicted molar refractivity (Wildman–Crippen MR) is 134 cm³/mol. The van der Waals surface area contributed by atoms with Crippen molar-refractivity contribution in [1.29, 1.82) is 0 Å². The molecule has 0 aliphatic carbocycles. The lowest BCUT2D eigenvalue weighted by atomic mass is 10.1. The average Bonchev–Trinajstić information content (AvgIpc) is 2.86. The first-order chi connectivity index (χ1) is 16.5. The zero-order valence-corrected chi connectivity index (χ0v) is 19.5. The van der Waals surface area contributed by atoms with Crippen molar-refractivity contribution in [3.63, 3.8) is 0 Å². The third kappa shape index (κ3) is 6.10. The van der Waals surface area contributed by atoms with Crippen LogP contribution in [-0.4, -0.2) is 39.5 Å². The van der Waals surface area contributed by atoms with E-state index in [1.807, 2.05) is 48.6 Å². The van der Waals surface area contributed by atoms with E-state index in [2.05, 4.69) is 5.32 Å². The molecule has 0 saturated carbocycles. The van der Waals surface area contributed by atoms with Gasteiger partial charge in [0.2, 0.25) is 11.7 Å². The molecular formula is C27H27NO6. The molecule has 3 aromatic rings. The Bertz CT molecular complexity index is 1170. The highest BCUT2D eigenvalue weighted by molar-refractivity contribution is 6.02. The molecular weight excluding hydrogens is 434 g/mol. The van der Waals surface area contributed by atoms with Crippen molar-refractivity contribution in [2.24, 2.45) is 0 Å². The summed E-state index contributed by atoms with van der Waals surface area (Å²) in [6, 6.07) is 16.1. The second-order valence-electron chi connectivity index (χ2n) is 7.17. The summed E-state index contributed by atoms with van der Waals surface area (Å²) in [6.07, 6.45) is 6.90. The van der Waals surface area contributed by atoms with Crippen LogP contribution in [0.1, 0.15) is 16.7 Å². The normalized spacial score (nSPS) is 10.9. The molecule has 0 spiro atoms. The number of anilines is 1. The maximum atomic E-state index is 12.2. The van der Waals surface area contributed by atoms with E-state index in [1.54, 1.807) is 39.5 Å². The highest BCUT2D eigenvalue weighted by Gasteiger charge is 2.12. The van der Waals surface area contributed by atoms with Crippen molar-refractivity contribution in [3.05, 3.63) is 77.4 Å². The van der Waals surface area contributed by atoms with E-state index in [4.69, 9.17) is 18.9 Å². The molecule has 0 atom stereocenters. The molecule has 0 saturated heterocycles. The van der Waals surface area contributed by atoms with Gasteiger partial charge in [0.1, 0.15) is 0 Å². The number of phenolic OH excluding ortho intramolecular Hbond substituents is 1. The minimum Gasteiger partial charge on any atom is -0.504 e. The van der Waals surface area contributed by atoms with Crippen LogP contribution in [0.5, 0.6) is 28.7 Å². The molecule has 2 N–H and O–H groups in total. The Morgan fingerprint density at radius 2 is 1.29 bits per heavy atom. The molecule has 0 aliphatic heterocycles. The quantitative estimate of drug-likeness (QED) is 0.334. The first-order valence-electron chi connectivity index (χ1n) is 10.4. The molecule has 3 aromatic carbocycles. The van der Waals surface area contributed by atoms with Gasteiger partial charge in [-0.2, -0.15) is 0 Å². The number of ether oxygens (including phenoxy) is 4. The first kappa shape index (κ1) is 24.3. The van der Waals surface area contributed by atoms with Crippen molar-refractivity contribution in [3.8, 4) is 28.7 Å². The van der Waals surface area contributed by atoms with Crippen LogP contribution in [0.4, 0.5) is 5.69 Å². The van der Waals surface area contributed by atoms with E-state index in [1.165, 1.54) is 19.3 Å². The molecule has 7 nitrogen and oxygen atoms in total. The summed E-state index contributed by atoms with van der Waals surface area (Å²) in [7, 11) is 6.20. The van der Waals surface area contributed by atoms with Gasteiger partial charge in [-0.05, 0) is 59.2 Å². The van der Waals surface area contributed by atoms with Gasteiger partial charge in [-0.25, -0.2) is 0 Å². The van der Waals surface area contributed by atoms with Gasteiger partial charge >= 0.3 is 0 Å². The smallest absolute Gasteiger partial charge is 0.248 e. The van der Waals surface area contributed by atoms with Gasteiger partial charge in [-0.15, -0.1) is 0 Å². The van der Waals surface area contributed by atoms with Crippen molar-refractivity contribution in [2.75, 3.05) is 33.8 Å². The summed E-state index contributed by atoms with van der Waals surface area (Å²) < 4.78 is 21.1. The van der Waals surface area contributed by atoms with E-state index in [0.29, 0.717) is 34.2 Å².